The van der Waals surface area contributed by atoms with E-state index in [9.17, 15) is 10.1 Å². The zero-order valence-electron chi connectivity index (χ0n) is 15.3. The predicted octanol–water partition coefficient (Wildman–Crippen LogP) is 5.76. The summed E-state index contributed by atoms with van der Waals surface area (Å²) in [5.41, 5.74) is 2.94. The zero-order chi connectivity index (χ0) is 19.5. The molecule has 6 nitrogen and oxygen atoms in total. The van der Waals surface area contributed by atoms with Crippen LogP contribution in [-0.2, 0) is 6.54 Å². The fourth-order valence-corrected chi connectivity index (χ4v) is 4.04. The molecule has 1 heterocycles. The first-order chi connectivity index (χ1) is 13.6. The molecule has 4 rings (SSSR count). The lowest BCUT2D eigenvalue weighted by Gasteiger charge is -2.15. The molecule has 0 bridgehead atoms. The van der Waals surface area contributed by atoms with E-state index in [1.165, 1.54) is 25.7 Å². The monoisotopic (exact) mass is 396 g/mol. The fourth-order valence-electron chi connectivity index (χ4n) is 3.78. The molecule has 1 aliphatic carbocycles. The zero-order valence-corrected chi connectivity index (χ0v) is 16.1. The van der Waals surface area contributed by atoms with Gasteiger partial charge in [-0.15, -0.1) is 0 Å². The number of aromatic nitrogens is 1. The van der Waals surface area contributed by atoms with Gasteiger partial charge in [-0.2, -0.15) is 0 Å². The van der Waals surface area contributed by atoms with Crippen molar-refractivity contribution in [1.82, 2.24) is 4.98 Å². The number of fused-ring (bicyclic) bond motifs is 1. The second kappa shape index (κ2) is 8.02. The largest absolute Gasteiger partial charge is 0.382 e. The van der Waals surface area contributed by atoms with Crippen molar-refractivity contribution in [2.45, 2.75) is 38.3 Å². The van der Waals surface area contributed by atoms with Gasteiger partial charge in [-0.25, -0.2) is 4.98 Å². The average Bonchev–Trinajstić information content (AvgIpc) is 3.18. The van der Waals surface area contributed by atoms with Crippen LogP contribution in [0.3, 0.4) is 0 Å². The number of pyridine rings is 1. The molecule has 28 heavy (non-hydrogen) atoms. The van der Waals surface area contributed by atoms with Gasteiger partial charge >= 0.3 is 5.69 Å². The van der Waals surface area contributed by atoms with Crippen LogP contribution in [-0.4, -0.2) is 15.9 Å². The van der Waals surface area contributed by atoms with E-state index in [1.807, 2.05) is 30.3 Å². The third-order valence-electron chi connectivity index (χ3n) is 5.13. The van der Waals surface area contributed by atoms with Gasteiger partial charge in [0.05, 0.1) is 10.4 Å². The molecule has 3 aromatic rings. The van der Waals surface area contributed by atoms with Crippen LogP contribution >= 0.6 is 11.6 Å². The minimum Gasteiger partial charge on any atom is -0.382 e. The van der Waals surface area contributed by atoms with Crippen LogP contribution in [0.2, 0.25) is 5.15 Å². The van der Waals surface area contributed by atoms with Crippen molar-refractivity contribution in [2.24, 2.45) is 0 Å². The van der Waals surface area contributed by atoms with E-state index in [2.05, 4.69) is 27.8 Å². The Morgan fingerprint density at radius 3 is 2.71 bits per heavy atom. The van der Waals surface area contributed by atoms with Gasteiger partial charge in [0.1, 0.15) is 5.69 Å². The van der Waals surface area contributed by atoms with Crippen LogP contribution in [0.5, 0.6) is 0 Å². The summed E-state index contributed by atoms with van der Waals surface area (Å²) in [5, 5.41) is 18.9. The standard InChI is InChI=1S/C21H21ClN4O2/c22-21-20(26(27)28)19(17-10-3-4-11-18(17)25-21)23-13-14-6-5-9-16(12-14)24-15-7-1-2-8-15/h3-6,9-12,15,24H,1-2,7-8,13H2,(H,23,25). The van der Waals surface area contributed by atoms with Gasteiger partial charge in [-0.05, 0) is 36.6 Å². The first-order valence-electron chi connectivity index (χ1n) is 9.44. The molecule has 0 spiro atoms. The van der Waals surface area contributed by atoms with Crippen LogP contribution in [0.15, 0.2) is 48.5 Å². The summed E-state index contributed by atoms with van der Waals surface area (Å²) in [7, 11) is 0. The highest BCUT2D eigenvalue weighted by Crippen LogP contribution is 2.37. The number of anilines is 2. The third kappa shape index (κ3) is 3.87. The smallest absolute Gasteiger partial charge is 0.329 e. The van der Waals surface area contributed by atoms with Crippen molar-refractivity contribution in [2.75, 3.05) is 10.6 Å². The average molecular weight is 397 g/mol. The molecule has 0 unspecified atom stereocenters. The number of para-hydroxylation sites is 1. The van der Waals surface area contributed by atoms with Gasteiger partial charge in [0.2, 0.25) is 5.15 Å². The van der Waals surface area contributed by atoms with E-state index < -0.39 is 4.92 Å². The summed E-state index contributed by atoms with van der Waals surface area (Å²) in [4.78, 5) is 15.2. The lowest BCUT2D eigenvalue weighted by molar-refractivity contribution is -0.384. The van der Waals surface area contributed by atoms with Crippen molar-refractivity contribution in [3.8, 4) is 0 Å². The highest BCUT2D eigenvalue weighted by molar-refractivity contribution is 6.33. The Morgan fingerprint density at radius 2 is 1.93 bits per heavy atom. The van der Waals surface area contributed by atoms with E-state index in [1.54, 1.807) is 6.07 Å². The van der Waals surface area contributed by atoms with Gasteiger partial charge < -0.3 is 10.6 Å². The number of halogens is 1. The maximum atomic E-state index is 11.6. The summed E-state index contributed by atoms with van der Waals surface area (Å²) in [5.74, 6) is 0. The van der Waals surface area contributed by atoms with E-state index in [4.69, 9.17) is 11.6 Å². The maximum absolute atomic E-state index is 11.6. The Hall–Kier alpha value is -2.86. The minimum atomic E-state index is -0.484. The molecule has 0 atom stereocenters. The van der Waals surface area contributed by atoms with Gasteiger partial charge in [0.25, 0.3) is 0 Å². The number of nitro groups is 1. The molecule has 7 heteroatoms. The molecular formula is C21H21ClN4O2. The number of nitrogens with zero attached hydrogens (tertiary/aromatic N) is 2. The third-order valence-corrected chi connectivity index (χ3v) is 5.39. The van der Waals surface area contributed by atoms with Crippen LogP contribution in [0.25, 0.3) is 10.9 Å². The molecular weight excluding hydrogens is 376 g/mol. The van der Waals surface area contributed by atoms with Crippen molar-refractivity contribution >= 4 is 39.6 Å². The molecule has 0 saturated heterocycles. The van der Waals surface area contributed by atoms with Crippen LogP contribution in [0.1, 0.15) is 31.2 Å². The predicted molar refractivity (Wildman–Crippen MR) is 113 cm³/mol. The number of nitrogens with one attached hydrogen (secondary N) is 2. The van der Waals surface area contributed by atoms with E-state index in [-0.39, 0.29) is 10.8 Å². The normalized spacial score (nSPS) is 14.3. The van der Waals surface area contributed by atoms with Gasteiger partial charge in [-0.1, -0.05) is 54.8 Å². The lowest BCUT2D eigenvalue weighted by Crippen LogP contribution is -2.14. The Bertz CT molecular complexity index is 1020. The molecule has 1 fully saturated rings. The SMILES string of the molecule is O=[N+]([O-])c1c(Cl)nc2ccccc2c1NCc1cccc(NC2CCCC2)c1. The summed E-state index contributed by atoms with van der Waals surface area (Å²) in [6.45, 7) is 0.450. The summed E-state index contributed by atoms with van der Waals surface area (Å²) < 4.78 is 0. The number of hydrogen-bond donors (Lipinski definition) is 2. The van der Waals surface area contributed by atoms with Gasteiger partial charge in [0, 0.05) is 23.7 Å². The van der Waals surface area contributed by atoms with Crippen molar-refractivity contribution in [3.63, 3.8) is 0 Å². The summed E-state index contributed by atoms with van der Waals surface area (Å²) in [6.07, 6.45) is 4.96. The number of hydrogen-bond acceptors (Lipinski definition) is 5. The maximum Gasteiger partial charge on any atom is 0.329 e. The fraction of sp³-hybridized carbons (Fsp3) is 0.286. The van der Waals surface area contributed by atoms with Crippen LogP contribution in [0, 0.1) is 10.1 Å². The van der Waals surface area contributed by atoms with E-state index in [0.29, 0.717) is 29.2 Å². The Morgan fingerprint density at radius 1 is 1.14 bits per heavy atom. The molecule has 0 radical (unpaired) electrons. The van der Waals surface area contributed by atoms with Gasteiger partial charge in [-0.3, -0.25) is 10.1 Å². The summed E-state index contributed by atoms with van der Waals surface area (Å²) in [6, 6.07) is 16.0. The topological polar surface area (TPSA) is 80.1 Å². The Kier molecular flexibility index (Phi) is 5.30. The Balaban J connectivity index is 1.60. The minimum absolute atomic E-state index is 0.108. The quantitative estimate of drug-likeness (QED) is 0.314. The van der Waals surface area contributed by atoms with Crippen molar-refractivity contribution < 1.29 is 4.92 Å². The molecule has 2 aromatic carbocycles. The number of benzene rings is 2. The van der Waals surface area contributed by atoms with Gasteiger partial charge in [0.15, 0.2) is 0 Å². The van der Waals surface area contributed by atoms with Crippen molar-refractivity contribution in [3.05, 3.63) is 69.4 Å². The Labute approximate surface area is 168 Å². The molecule has 0 amide bonds. The number of rotatable bonds is 6. The second-order valence-electron chi connectivity index (χ2n) is 7.08. The van der Waals surface area contributed by atoms with Crippen LogP contribution < -0.4 is 10.6 Å². The molecule has 1 aromatic heterocycles. The van der Waals surface area contributed by atoms with E-state index in [0.717, 1.165) is 11.3 Å². The highest BCUT2D eigenvalue weighted by atomic mass is 35.5. The summed E-state index contributed by atoms with van der Waals surface area (Å²) >= 11 is 6.10. The molecule has 1 saturated carbocycles. The van der Waals surface area contributed by atoms with E-state index >= 15 is 0 Å². The molecule has 0 aliphatic heterocycles. The lowest BCUT2D eigenvalue weighted by atomic mass is 10.1. The first-order valence-corrected chi connectivity index (χ1v) is 9.81. The molecule has 2 N–H and O–H groups in total. The molecule has 1 aliphatic rings. The highest BCUT2D eigenvalue weighted by Gasteiger charge is 2.23. The van der Waals surface area contributed by atoms with Crippen LogP contribution in [0.4, 0.5) is 17.1 Å². The first kappa shape index (κ1) is 18.5. The molecule has 144 valence electrons. The van der Waals surface area contributed by atoms with Crippen molar-refractivity contribution in [1.29, 1.82) is 0 Å². The second-order valence-corrected chi connectivity index (χ2v) is 7.44.